The van der Waals surface area contributed by atoms with Crippen molar-refractivity contribution in [1.82, 2.24) is 10.1 Å². The number of hydrogen-bond acceptors (Lipinski definition) is 4. The Hall–Kier alpha value is -2.66. The van der Waals surface area contributed by atoms with Crippen molar-refractivity contribution >= 4 is 0 Å². The Morgan fingerprint density at radius 1 is 1.20 bits per heavy atom. The summed E-state index contributed by atoms with van der Waals surface area (Å²) in [6.45, 7) is 2.07. The van der Waals surface area contributed by atoms with E-state index in [2.05, 4.69) is 10.1 Å². The van der Waals surface area contributed by atoms with Gasteiger partial charge in [0.25, 0.3) is 0 Å². The van der Waals surface area contributed by atoms with Gasteiger partial charge in [0.15, 0.2) is 0 Å². The average Bonchev–Trinajstić information content (AvgIpc) is 3.07. The molecule has 0 saturated carbocycles. The minimum atomic E-state index is -0.237. The van der Waals surface area contributed by atoms with Crippen LogP contribution in [0.2, 0.25) is 0 Å². The zero-order valence-corrected chi connectivity index (χ0v) is 14.0. The van der Waals surface area contributed by atoms with Gasteiger partial charge in [0, 0.05) is 48.8 Å². The second-order valence-corrected chi connectivity index (χ2v) is 6.22. The van der Waals surface area contributed by atoms with Gasteiger partial charge in [-0.2, -0.15) is 0 Å². The average molecular weight is 338 g/mol. The first kappa shape index (κ1) is 15.8. The van der Waals surface area contributed by atoms with E-state index in [1.807, 2.05) is 30.3 Å². The van der Waals surface area contributed by atoms with Crippen molar-refractivity contribution in [2.24, 2.45) is 0 Å². The molecule has 0 bridgehead atoms. The molecule has 0 fully saturated rings. The molecule has 3 aromatic rings. The zero-order valence-electron chi connectivity index (χ0n) is 14.0. The third-order valence-corrected chi connectivity index (χ3v) is 4.61. The standard InChI is InChI=1S/C20H19FN2O2/c1-24-16-8-7-15(18(21)11-16)12-23-10-9-19-17(13-23)20(22-25-19)14-5-3-2-4-6-14/h2-8,11H,9-10,12-13H2,1H3. The fourth-order valence-electron chi connectivity index (χ4n) is 3.25. The van der Waals surface area contributed by atoms with E-state index < -0.39 is 0 Å². The predicted molar refractivity (Wildman–Crippen MR) is 92.7 cm³/mol. The highest BCUT2D eigenvalue weighted by molar-refractivity contribution is 5.63. The van der Waals surface area contributed by atoms with E-state index in [4.69, 9.17) is 9.26 Å². The quantitative estimate of drug-likeness (QED) is 0.719. The summed E-state index contributed by atoms with van der Waals surface area (Å²) in [6, 6.07) is 15.0. The first-order valence-electron chi connectivity index (χ1n) is 8.32. The summed E-state index contributed by atoms with van der Waals surface area (Å²) in [4.78, 5) is 2.22. The van der Waals surface area contributed by atoms with Gasteiger partial charge in [-0.15, -0.1) is 0 Å². The number of halogens is 1. The highest BCUT2D eigenvalue weighted by atomic mass is 19.1. The van der Waals surface area contributed by atoms with Gasteiger partial charge in [0.05, 0.1) is 7.11 Å². The fraction of sp³-hybridized carbons (Fsp3) is 0.250. The predicted octanol–water partition coefficient (Wildman–Crippen LogP) is 4.05. The lowest BCUT2D eigenvalue weighted by Gasteiger charge is -2.26. The van der Waals surface area contributed by atoms with Crippen molar-refractivity contribution in [1.29, 1.82) is 0 Å². The molecule has 0 radical (unpaired) electrons. The summed E-state index contributed by atoms with van der Waals surface area (Å²) in [6.07, 6.45) is 0.785. The Kier molecular flexibility index (Phi) is 4.24. The molecule has 0 saturated heterocycles. The highest BCUT2D eigenvalue weighted by Gasteiger charge is 2.25. The number of ether oxygens (including phenoxy) is 1. The van der Waals surface area contributed by atoms with Crippen LogP contribution in [-0.4, -0.2) is 23.7 Å². The van der Waals surface area contributed by atoms with E-state index in [0.717, 1.165) is 35.5 Å². The molecular formula is C20H19FN2O2. The van der Waals surface area contributed by atoms with Crippen molar-refractivity contribution in [2.45, 2.75) is 19.5 Å². The largest absolute Gasteiger partial charge is 0.497 e. The topological polar surface area (TPSA) is 38.5 Å². The Balaban J connectivity index is 1.56. The summed E-state index contributed by atoms with van der Waals surface area (Å²) in [5.41, 5.74) is 3.70. The summed E-state index contributed by atoms with van der Waals surface area (Å²) < 4.78 is 24.8. The van der Waals surface area contributed by atoms with Crippen LogP contribution in [0.1, 0.15) is 16.9 Å². The van der Waals surface area contributed by atoms with Crippen LogP contribution in [-0.2, 0) is 19.5 Å². The van der Waals surface area contributed by atoms with Crippen LogP contribution in [0, 0.1) is 5.82 Å². The fourth-order valence-corrected chi connectivity index (χ4v) is 3.25. The number of methoxy groups -OCH3 is 1. The van der Waals surface area contributed by atoms with Crippen LogP contribution >= 0.6 is 0 Å². The third-order valence-electron chi connectivity index (χ3n) is 4.61. The number of rotatable bonds is 4. The zero-order chi connectivity index (χ0) is 17.2. The maximum Gasteiger partial charge on any atom is 0.143 e. The van der Waals surface area contributed by atoms with Gasteiger partial charge in [-0.25, -0.2) is 4.39 Å². The summed E-state index contributed by atoms with van der Waals surface area (Å²) >= 11 is 0. The van der Waals surface area contributed by atoms with E-state index >= 15 is 0 Å². The van der Waals surface area contributed by atoms with Crippen molar-refractivity contribution in [2.75, 3.05) is 13.7 Å². The van der Waals surface area contributed by atoms with Crippen LogP contribution in [0.3, 0.4) is 0 Å². The molecule has 0 atom stereocenters. The van der Waals surface area contributed by atoms with Crippen molar-refractivity contribution in [3.8, 4) is 17.0 Å². The molecule has 2 heterocycles. The van der Waals surface area contributed by atoms with Gasteiger partial charge in [-0.05, 0) is 6.07 Å². The second kappa shape index (κ2) is 6.69. The second-order valence-electron chi connectivity index (χ2n) is 6.22. The van der Waals surface area contributed by atoms with Gasteiger partial charge >= 0.3 is 0 Å². The number of hydrogen-bond donors (Lipinski definition) is 0. The molecule has 128 valence electrons. The highest BCUT2D eigenvalue weighted by Crippen LogP contribution is 2.30. The number of benzene rings is 2. The lowest BCUT2D eigenvalue weighted by molar-refractivity contribution is 0.226. The monoisotopic (exact) mass is 338 g/mol. The first-order chi connectivity index (χ1) is 12.2. The molecule has 1 aromatic heterocycles. The van der Waals surface area contributed by atoms with Gasteiger partial charge in [0.2, 0.25) is 0 Å². The Morgan fingerprint density at radius 3 is 2.80 bits per heavy atom. The van der Waals surface area contributed by atoms with Crippen molar-refractivity contribution < 1.29 is 13.7 Å². The lowest BCUT2D eigenvalue weighted by Crippen LogP contribution is -2.30. The van der Waals surface area contributed by atoms with Crippen LogP contribution in [0.15, 0.2) is 53.1 Å². The molecule has 0 aliphatic carbocycles. The third kappa shape index (κ3) is 3.15. The molecule has 4 nitrogen and oxygen atoms in total. The van der Waals surface area contributed by atoms with Gasteiger partial charge in [-0.1, -0.05) is 41.6 Å². The molecule has 25 heavy (non-hydrogen) atoms. The van der Waals surface area contributed by atoms with E-state index in [9.17, 15) is 4.39 Å². The van der Waals surface area contributed by atoms with E-state index in [-0.39, 0.29) is 5.82 Å². The smallest absolute Gasteiger partial charge is 0.143 e. The molecular weight excluding hydrogens is 319 g/mol. The number of nitrogens with zero attached hydrogens (tertiary/aromatic N) is 2. The minimum absolute atomic E-state index is 0.237. The maximum atomic E-state index is 14.2. The van der Waals surface area contributed by atoms with E-state index in [1.165, 1.54) is 13.2 Å². The molecule has 0 unspecified atom stereocenters. The molecule has 0 N–H and O–H groups in total. The molecule has 1 aliphatic rings. The van der Waals surface area contributed by atoms with Crippen LogP contribution in [0.4, 0.5) is 4.39 Å². The molecule has 5 heteroatoms. The van der Waals surface area contributed by atoms with Crippen LogP contribution < -0.4 is 4.74 Å². The Bertz CT molecular complexity index is 877. The van der Waals surface area contributed by atoms with Crippen molar-refractivity contribution in [3.05, 3.63) is 71.2 Å². The van der Waals surface area contributed by atoms with Gasteiger partial charge in [0.1, 0.15) is 23.0 Å². The van der Waals surface area contributed by atoms with Crippen molar-refractivity contribution in [3.63, 3.8) is 0 Å². The summed E-state index contributed by atoms with van der Waals surface area (Å²) in [5.74, 6) is 1.23. The Labute approximate surface area is 145 Å². The van der Waals surface area contributed by atoms with E-state index in [0.29, 0.717) is 24.4 Å². The first-order valence-corrected chi connectivity index (χ1v) is 8.32. The molecule has 1 aliphatic heterocycles. The SMILES string of the molecule is COc1ccc(CN2CCc3onc(-c4ccccc4)c3C2)c(F)c1. The lowest BCUT2D eigenvalue weighted by atomic mass is 10.0. The molecule has 2 aromatic carbocycles. The Morgan fingerprint density at radius 2 is 2.04 bits per heavy atom. The normalized spacial score (nSPS) is 14.3. The molecule has 0 amide bonds. The molecule has 0 spiro atoms. The maximum absolute atomic E-state index is 14.2. The summed E-state index contributed by atoms with van der Waals surface area (Å²) in [5, 5.41) is 4.26. The van der Waals surface area contributed by atoms with E-state index in [1.54, 1.807) is 12.1 Å². The molecule has 4 rings (SSSR count). The van der Waals surface area contributed by atoms with Gasteiger partial charge in [-0.3, -0.25) is 4.90 Å². The number of fused-ring (bicyclic) bond motifs is 1. The summed E-state index contributed by atoms with van der Waals surface area (Å²) in [7, 11) is 1.54. The van der Waals surface area contributed by atoms with Gasteiger partial charge < -0.3 is 9.26 Å². The minimum Gasteiger partial charge on any atom is -0.497 e. The van der Waals surface area contributed by atoms with Crippen LogP contribution in [0.25, 0.3) is 11.3 Å². The van der Waals surface area contributed by atoms with Crippen LogP contribution in [0.5, 0.6) is 5.75 Å². The number of aromatic nitrogens is 1.